The van der Waals surface area contributed by atoms with Gasteiger partial charge in [-0.25, -0.2) is 8.42 Å². The molecule has 0 saturated heterocycles. The van der Waals surface area contributed by atoms with Gasteiger partial charge in [0.2, 0.25) is 0 Å². The molecular weight excluding hydrogens is 390 g/mol. The van der Waals surface area contributed by atoms with Crippen molar-refractivity contribution in [3.05, 3.63) is 64.6 Å². The van der Waals surface area contributed by atoms with Gasteiger partial charge < -0.3 is 4.74 Å². The van der Waals surface area contributed by atoms with Crippen LogP contribution in [0.3, 0.4) is 0 Å². The molecule has 0 N–H and O–H groups in total. The molecule has 3 atom stereocenters. The highest BCUT2D eigenvalue weighted by atomic mass is 79.9. The number of methoxy groups -OCH3 is 1. The quantitative estimate of drug-likeness (QED) is 0.762. The largest absolute Gasteiger partial charge is 0.383 e. The first-order valence-corrected chi connectivity index (χ1v) is 9.76. The van der Waals surface area contributed by atoms with Gasteiger partial charge in [-0.1, -0.05) is 46.3 Å². The van der Waals surface area contributed by atoms with Crippen molar-refractivity contribution in [3.8, 4) is 6.07 Å². The van der Waals surface area contributed by atoms with E-state index in [4.69, 9.17) is 4.74 Å². The first kappa shape index (κ1) is 17.2. The van der Waals surface area contributed by atoms with E-state index in [1.54, 1.807) is 30.3 Å². The van der Waals surface area contributed by atoms with Crippen LogP contribution >= 0.6 is 15.9 Å². The van der Waals surface area contributed by atoms with Gasteiger partial charge in [0.1, 0.15) is 5.41 Å². The maximum atomic E-state index is 13.1. The Morgan fingerprint density at radius 2 is 1.79 bits per heavy atom. The molecule has 0 bridgehead atoms. The molecular formula is C18H16BrNO3S. The average molecular weight is 406 g/mol. The molecule has 0 unspecified atom stereocenters. The minimum Gasteiger partial charge on any atom is -0.383 e. The number of hydrogen-bond donors (Lipinski definition) is 0. The van der Waals surface area contributed by atoms with Crippen LogP contribution in [-0.4, -0.2) is 27.4 Å². The smallest absolute Gasteiger partial charge is 0.183 e. The molecule has 0 aliphatic heterocycles. The summed E-state index contributed by atoms with van der Waals surface area (Å²) < 4.78 is 32.3. The fourth-order valence-electron chi connectivity index (χ4n) is 3.34. The van der Waals surface area contributed by atoms with E-state index in [2.05, 4.69) is 22.0 Å². The number of halogens is 1. The Bertz CT molecular complexity index is 875. The number of sulfone groups is 1. The topological polar surface area (TPSA) is 67.2 Å². The van der Waals surface area contributed by atoms with Crippen LogP contribution in [0.1, 0.15) is 11.5 Å². The molecule has 0 aromatic heterocycles. The van der Waals surface area contributed by atoms with Crippen molar-refractivity contribution < 1.29 is 13.2 Å². The molecule has 1 saturated carbocycles. The minimum atomic E-state index is -3.63. The number of rotatable bonds is 5. The maximum absolute atomic E-state index is 13.1. The standard InChI is InChI=1S/C18H16BrNO3S/c1-23-12-18(11-20)16(13-7-9-14(19)10-8-13)17(18)24(21,22)15-5-3-2-4-6-15/h2-10,16-17H,12H2,1H3/t16-,17-,18-/m1/s1. The van der Waals surface area contributed by atoms with Gasteiger partial charge in [0.25, 0.3) is 0 Å². The van der Waals surface area contributed by atoms with E-state index in [-0.39, 0.29) is 11.5 Å². The van der Waals surface area contributed by atoms with Crippen molar-refractivity contribution in [1.29, 1.82) is 5.26 Å². The first-order chi connectivity index (χ1) is 11.5. The van der Waals surface area contributed by atoms with Crippen molar-refractivity contribution in [2.45, 2.75) is 16.1 Å². The van der Waals surface area contributed by atoms with Gasteiger partial charge in [-0.05, 0) is 29.8 Å². The first-order valence-electron chi connectivity index (χ1n) is 7.42. The van der Waals surface area contributed by atoms with Gasteiger partial charge in [0.15, 0.2) is 9.84 Å². The Balaban J connectivity index is 2.08. The van der Waals surface area contributed by atoms with Crippen molar-refractivity contribution in [2.24, 2.45) is 5.41 Å². The Kier molecular flexibility index (Phi) is 4.52. The molecule has 6 heteroatoms. The second kappa shape index (κ2) is 6.32. The normalized spacial score (nSPS) is 25.9. The molecule has 0 amide bonds. The zero-order valence-corrected chi connectivity index (χ0v) is 15.4. The van der Waals surface area contributed by atoms with Crippen molar-refractivity contribution >= 4 is 25.8 Å². The van der Waals surface area contributed by atoms with E-state index in [9.17, 15) is 13.7 Å². The number of nitriles is 1. The van der Waals surface area contributed by atoms with E-state index in [1.165, 1.54) is 7.11 Å². The summed E-state index contributed by atoms with van der Waals surface area (Å²) in [6.45, 7) is 0.0843. The van der Waals surface area contributed by atoms with Gasteiger partial charge in [-0.3, -0.25) is 0 Å². The summed E-state index contributed by atoms with van der Waals surface area (Å²) in [5, 5.41) is 8.94. The molecule has 124 valence electrons. The third kappa shape index (κ3) is 2.67. The van der Waals surface area contributed by atoms with Crippen LogP contribution in [0.15, 0.2) is 64.0 Å². The summed E-state index contributed by atoms with van der Waals surface area (Å²) in [5.41, 5.74) is -0.224. The highest BCUT2D eigenvalue weighted by molar-refractivity contribution is 9.10. The summed E-state index contributed by atoms with van der Waals surface area (Å²) in [4.78, 5) is 0.241. The van der Waals surface area contributed by atoms with Gasteiger partial charge in [0.05, 0.1) is 22.8 Å². The van der Waals surface area contributed by atoms with Gasteiger partial charge in [-0.2, -0.15) is 5.26 Å². The lowest BCUT2D eigenvalue weighted by atomic mass is 10.0. The number of benzene rings is 2. The van der Waals surface area contributed by atoms with Gasteiger partial charge >= 0.3 is 0 Å². The summed E-state index contributed by atoms with van der Waals surface area (Å²) >= 11 is 3.37. The third-order valence-corrected chi connectivity index (χ3v) is 7.30. The van der Waals surface area contributed by atoms with Crippen LogP contribution in [0.2, 0.25) is 0 Å². The summed E-state index contributed by atoms with van der Waals surface area (Å²) in [6.07, 6.45) is 0. The van der Waals surface area contributed by atoms with Crippen molar-refractivity contribution in [3.63, 3.8) is 0 Å². The number of hydrogen-bond acceptors (Lipinski definition) is 4. The number of nitrogens with zero attached hydrogens (tertiary/aromatic N) is 1. The molecule has 24 heavy (non-hydrogen) atoms. The van der Waals surface area contributed by atoms with Crippen LogP contribution in [0.25, 0.3) is 0 Å². The van der Waals surface area contributed by atoms with Crippen LogP contribution < -0.4 is 0 Å². The zero-order valence-electron chi connectivity index (χ0n) is 13.0. The highest BCUT2D eigenvalue weighted by Crippen LogP contribution is 2.63. The molecule has 1 aliphatic rings. The van der Waals surface area contributed by atoms with Gasteiger partial charge in [0, 0.05) is 17.5 Å². The van der Waals surface area contributed by atoms with Crippen LogP contribution in [-0.2, 0) is 14.6 Å². The predicted octanol–water partition coefficient (Wildman–Crippen LogP) is 3.55. The Labute approximate surface area is 150 Å². The van der Waals surface area contributed by atoms with E-state index >= 15 is 0 Å². The fraction of sp³-hybridized carbons (Fsp3) is 0.278. The molecule has 0 spiro atoms. The van der Waals surface area contributed by atoms with Crippen LogP contribution in [0.4, 0.5) is 0 Å². The second-order valence-electron chi connectivity index (χ2n) is 5.89. The van der Waals surface area contributed by atoms with Gasteiger partial charge in [-0.15, -0.1) is 0 Å². The minimum absolute atomic E-state index is 0.0843. The molecule has 2 aromatic rings. The molecule has 0 radical (unpaired) electrons. The SMILES string of the molecule is COC[C@]1(C#N)[C@H](c2ccc(Br)cc2)[C@H]1S(=O)(=O)c1ccccc1. The highest BCUT2D eigenvalue weighted by Gasteiger charge is 2.72. The molecule has 2 aromatic carbocycles. The molecule has 4 nitrogen and oxygen atoms in total. The van der Waals surface area contributed by atoms with Crippen molar-refractivity contribution in [2.75, 3.05) is 13.7 Å². The maximum Gasteiger partial charge on any atom is 0.183 e. The van der Waals surface area contributed by atoms with E-state index in [1.807, 2.05) is 24.3 Å². The van der Waals surface area contributed by atoms with E-state index < -0.39 is 26.4 Å². The monoisotopic (exact) mass is 405 g/mol. The number of ether oxygens (including phenoxy) is 1. The van der Waals surface area contributed by atoms with E-state index in [0.717, 1.165) is 10.0 Å². The van der Waals surface area contributed by atoms with Crippen molar-refractivity contribution in [1.82, 2.24) is 0 Å². The predicted molar refractivity (Wildman–Crippen MR) is 94.2 cm³/mol. The molecule has 1 fully saturated rings. The zero-order chi connectivity index (χ0) is 17.4. The Morgan fingerprint density at radius 3 is 2.33 bits per heavy atom. The lowest BCUT2D eigenvalue weighted by Crippen LogP contribution is -2.19. The Hall–Kier alpha value is -1.68. The third-order valence-electron chi connectivity index (χ3n) is 4.48. The lowest BCUT2D eigenvalue weighted by Gasteiger charge is -2.08. The summed E-state index contributed by atoms with van der Waals surface area (Å²) in [5.74, 6) is -0.402. The average Bonchev–Trinajstić information content (AvgIpc) is 3.26. The molecule has 0 heterocycles. The fourth-order valence-corrected chi connectivity index (χ4v) is 5.93. The van der Waals surface area contributed by atoms with Crippen LogP contribution in [0.5, 0.6) is 0 Å². The Morgan fingerprint density at radius 1 is 1.17 bits per heavy atom. The summed E-state index contributed by atoms with van der Waals surface area (Å²) in [6, 6.07) is 17.9. The van der Waals surface area contributed by atoms with Crippen LogP contribution in [0, 0.1) is 16.7 Å². The van der Waals surface area contributed by atoms with E-state index in [0.29, 0.717) is 0 Å². The molecule has 3 rings (SSSR count). The lowest BCUT2D eigenvalue weighted by molar-refractivity contribution is 0.162. The second-order valence-corrected chi connectivity index (χ2v) is 8.88. The summed E-state index contributed by atoms with van der Waals surface area (Å²) in [7, 11) is -2.14. The molecule has 1 aliphatic carbocycles.